The van der Waals surface area contributed by atoms with Crippen molar-refractivity contribution >= 4 is 44.5 Å². The first kappa shape index (κ1) is 20.1. The van der Waals surface area contributed by atoms with Crippen molar-refractivity contribution in [2.45, 2.75) is 39.7 Å². The van der Waals surface area contributed by atoms with E-state index in [2.05, 4.69) is 40.7 Å². The van der Waals surface area contributed by atoms with E-state index in [0.717, 1.165) is 27.5 Å². The fourth-order valence-electron chi connectivity index (χ4n) is 2.76. The van der Waals surface area contributed by atoms with Crippen molar-refractivity contribution in [1.82, 2.24) is 15.6 Å². The molecule has 148 valence electrons. The quantitative estimate of drug-likeness (QED) is 0.628. The third-order valence-corrected chi connectivity index (χ3v) is 5.12. The van der Waals surface area contributed by atoms with E-state index in [4.69, 9.17) is 4.74 Å². The highest BCUT2D eigenvalue weighted by molar-refractivity contribution is 7.20. The van der Waals surface area contributed by atoms with Crippen molar-refractivity contribution in [3.8, 4) is 0 Å². The average Bonchev–Trinajstić information content (AvgIpc) is 3.04. The Morgan fingerprint density at radius 2 is 1.82 bits per heavy atom. The topological polar surface area (TPSA) is 80.3 Å². The number of hydrogen-bond donors (Lipinski definition) is 2. The number of pyridine rings is 1. The normalized spacial score (nSPS) is 11.6. The van der Waals surface area contributed by atoms with Crippen LogP contribution in [0.25, 0.3) is 21.1 Å². The number of rotatable bonds is 5. The summed E-state index contributed by atoms with van der Waals surface area (Å²) in [6, 6.07) is 10.2. The SMILES string of the molecule is CCc1ccc2nc3sc(C(=O)NCCNC(=O)OC(C)(C)C)cc3cc2c1. The molecule has 0 unspecified atom stereocenters. The Bertz CT molecular complexity index is 1020. The molecule has 3 rings (SSSR count). The third kappa shape index (κ3) is 4.98. The largest absolute Gasteiger partial charge is 0.444 e. The molecule has 0 radical (unpaired) electrons. The number of fused-ring (bicyclic) bond motifs is 2. The predicted molar refractivity (Wildman–Crippen MR) is 113 cm³/mol. The molecule has 0 aliphatic heterocycles. The number of amides is 2. The molecule has 0 saturated heterocycles. The van der Waals surface area contributed by atoms with Gasteiger partial charge in [0.2, 0.25) is 0 Å². The molecule has 28 heavy (non-hydrogen) atoms. The first-order valence-electron chi connectivity index (χ1n) is 9.33. The summed E-state index contributed by atoms with van der Waals surface area (Å²) < 4.78 is 5.15. The minimum Gasteiger partial charge on any atom is -0.444 e. The van der Waals surface area contributed by atoms with Crippen LogP contribution in [0.4, 0.5) is 4.79 Å². The van der Waals surface area contributed by atoms with Gasteiger partial charge in [0.25, 0.3) is 5.91 Å². The zero-order valence-electron chi connectivity index (χ0n) is 16.6. The van der Waals surface area contributed by atoms with Crippen molar-refractivity contribution in [2.24, 2.45) is 0 Å². The summed E-state index contributed by atoms with van der Waals surface area (Å²) in [4.78, 5) is 30.1. The van der Waals surface area contributed by atoms with Crippen LogP contribution in [0.1, 0.15) is 42.9 Å². The lowest BCUT2D eigenvalue weighted by Gasteiger charge is -2.19. The molecule has 7 heteroatoms. The van der Waals surface area contributed by atoms with Crippen molar-refractivity contribution in [3.63, 3.8) is 0 Å². The van der Waals surface area contributed by atoms with Crippen LogP contribution in [-0.4, -0.2) is 35.7 Å². The van der Waals surface area contributed by atoms with Crippen LogP contribution in [0.15, 0.2) is 30.3 Å². The molecule has 0 aliphatic carbocycles. The van der Waals surface area contributed by atoms with E-state index >= 15 is 0 Å². The molecule has 0 fully saturated rings. The van der Waals surface area contributed by atoms with Gasteiger partial charge in [-0.15, -0.1) is 11.3 Å². The minimum atomic E-state index is -0.543. The summed E-state index contributed by atoms with van der Waals surface area (Å²) in [6.45, 7) is 8.15. The summed E-state index contributed by atoms with van der Waals surface area (Å²) in [7, 11) is 0. The number of aromatic nitrogens is 1. The summed E-state index contributed by atoms with van der Waals surface area (Å²) >= 11 is 1.37. The van der Waals surface area contributed by atoms with Crippen LogP contribution in [0.5, 0.6) is 0 Å². The zero-order chi connectivity index (χ0) is 20.3. The van der Waals surface area contributed by atoms with Crippen LogP contribution in [0, 0.1) is 0 Å². The predicted octanol–water partition coefficient (Wildman–Crippen LogP) is 4.27. The summed E-state index contributed by atoms with van der Waals surface area (Å²) in [5.41, 5.74) is 1.65. The molecule has 0 atom stereocenters. The zero-order valence-corrected chi connectivity index (χ0v) is 17.4. The molecule has 0 bridgehead atoms. The molecule has 2 aromatic heterocycles. The van der Waals surface area contributed by atoms with E-state index in [1.165, 1.54) is 16.9 Å². The van der Waals surface area contributed by atoms with Gasteiger partial charge in [-0.25, -0.2) is 9.78 Å². The Kier molecular flexibility index (Phi) is 5.84. The van der Waals surface area contributed by atoms with Gasteiger partial charge in [-0.2, -0.15) is 0 Å². The first-order chi connectivity index (χ1) is 13.2. The van der Waals surface area contributed by atoms with Crippen LogP contribution in [-0.2, 0) is 11.2 Å². The Hall–Kier alpha value is -2.67. The summed E-state index contributed by atoms with van der Waals surface area (Å²) in [5.74, 6) is -0.174. The maximum absolute atomic E-state index is 12.4. The van der Waals surface area contributed by atoms with E-state index < -0.39 is 11.7 Å². The van der Waals surface area contributed by atoms with Gasteiger partial charge in [0.05, 0.1) is 10.4 Å². The number of benzene rings is 1. The highest BCUT2D eigenvalue weighted by Gasteiger charge is 2.16. The van der Waals surface area contributed by atoms with Crippen LogP contribution in [0.2, 0.25) is 0 Å². The Balaban J connectivity index is 1.62. The molecule has 2 N–H and O–H groups in total. The van der Waals surface area contributed by atoms with Gasteiger partial charge in [0.15, 0.2) is 0 Å². The fourth-order valence-corrected chi connectivity index (χ4v) is 3.70. The van der Waals surface area contributed by atoms with Crippen LogP contribution < -0.4 is 10.6 Å². The van der Waals surface area contributed by atoms with Crippen LogP contribution >= 0.6 is 11.3 Å². The third-order valence-electron chi connectivity index (χ3n) is 4.08. The second-order valence-electron chi connectivity index (χ2n) is 7.56. The van der Waals surface area contributed by atoms with Gasteiger partial charge in [0.1, 0.15) is 10.4 Å². The molecule has 3 aromatic rings. The molecule has 6 nitrogen and oxygen atoms in total. The van der Waals surface area contributed by atoms with E-state index in [-0.39, 0.29) is 5.91 Å². The van der Waals surface area contributed by atoms with Gasteiger partial charge in [-0.1, -0.05) is 13.0 Å². The van der Waals surface area contributed by atoms with Gasteiger partial charge in [-0.3, -0.25) is 4.79 Å². The van der Waals surface area contributed by atoms with Gasteiger partial charge < -0.3 is 15.4 Å². The fraction of sp³-hybridized carbons (Fsp3) is 0.381. The number of nitrogens with zero attached hydrogens (tertiary/aromatic N) is 1. The van der Waals surface area contributed by atoms with Gasteiger partial charge >= 0.3 is 6.09 Å². The molecule has 0 saturated carbocycles. The number of thiophene rings is 1. The van der Waals surface area contributed by atoms with Gasteiger partial charge in [-0.05, 0) is 57.0 Å². The van der Waals surface area contributed by atoms with Crippen molar-refractivity contribution < 1.29 is 14.3 Å². The second-order valence-corrected chi connectivity index (χ2v) is 8.59. The standard InChI is InChI=1S/C21H25N3O3S/c1-5-13-6-7-16-14(10-13)11-15-12-17(28-19(15)24-16)18(25)22-8-9-23-20(26)27-21(2,3)4/h6-7,10-12H,5,8-9H2,1-4H3,(H,22,25)(H,23,26). The number of carbonyl (C=O) groups excluding carboxylic acids is 2. The molecule has 0 aliphatic rings. The minimum absolute atomic E-state index is 0.174. The van der Waals surface area contributed by atoms with Crippen molar-refractivity contribution in [3.05, 3.63) is 40.8 Å². The average molecular weight is 400 g/mol. The number of nitrogens with one attached hydrogen (secondary N) is 2. The summed E-state index contributed by atoms with van der Waals surface area (Å²) in [5, 5.41) is 7.47. The molecule has 1 aromatic carbocycles. The smallest absolute Gasteiger partial charge is 0.407 e. The van der Waals surface area contributed by atoms with E-state index in [1.54, 1.807) is 20.8 Å². The second kappa shape index (κ2) is 8.14. The lowest BCUT2D eigenvalue weighted by atomic mass is 10.1. The van der Waals surface area contributed by atoms with E-state index in [1.807, 2.05) is 12.1 Å². The molecular weight excluding hydrogens is 374 g/mol. The van der Waals surface area contributed by atoms with E-state index in [9.17, 15) is 9.59 Å². The number of alkyl carbamates (subject to hydrolysis) is 1. The number of hydrogen-bond acceptors (Lipinski definition) is 5. The Labute approximate surface area is 168 Å². The lowest BCUT2D eigenvalue weighted by molar-refractivity contribution is 0.0526. The van der Waals surface area contributed by atoms with E-state index in [0.29, 0.717) is 18.0 Å². The maximum atomic E-state index is 12.4. The van der Waals surface area contributed by atoms with Gasteiger partial charge in [0, 0.05) is 23.9 Å². The van der Waals surface area contributed by atoms with Crippen LogP contribution in [0.3, 0.4) is 0 Å². The first-order valence-corrected chi connectivity index (χ1v) is 10.1. The molecule has 2 amide bonds. The Morgan fingerprint density at radius 3 is 2.54 bits per heavy atom. The number of carbonyl (C=O) groups is 2. The molecular formula is C21H25N3O3S. The monoisotopic (exact) mass is 399 g/mol. The summed E-state index contributed by atoms with van der Waals surface area (Å²) in [6.07, 6.45) is 0.480. The highest BCUT2D eigenvalue weighted by atomic mass is 32.1. The maximum Gasteiger partial charge on any atom is 0.407 e. The number of aryl methyl sites for hydroxylation is 1. The number of ether oxygens (including phenoxy) is 1. The lowest BCUT2D eigenvalue weighted by Crippen LogP contribution is -2.37. The van der Waals surface area contributed by atoms with Crippen molar-refractivity contribution in [2.75, 3.05) is 13.1 Å². The molecule has 2 heterocycles. The highest BCUT2D eigenvalue weighted by Crippen LogP contribution is 2.28. The molecule has 0 spiro atoms. The Morgan fingerprint density at radius 1 is 1.07 bits per heavy atom. The van der Waals surface area contributed by atoms with Crippen molar-refractivity contribution in [1.29, 1.82) is 0 Å².